The molecule has 4 rings (SSSR count). The van der Waals surface area contributed by atoms with Gasteiger partial charge in [0.05, 0.1) is 30.1 Å². The van der Waals surface area contributed by atoms with Crippen LogP contribution in [-0.4, -0.2) is 53.8 Å². The predicted molar refractivity (Wildman–Crippen MR) is 95.2 cm³/mol. The topological polar surface area (TPSA) is 89.1 Å². The first-order chi connectivity index (χ1) is 12.6. The smallest absolute Gasteiger partial charge is 0.244 e. The van der Waals surface area contributed by atoms with Crippen molar-refractivity contribution in [1.82, 2.24) is 29.7 Å². The van der Waals surface area contributed by atoms with Gasteiger partial charge in [0, 0.05) is 18.5 Å². The van der Waals surface area contributed by atoms with Gasteiger partial charge in [-0.05, 0) is 25.8 Å². The summed E-state index contributed by atoms with van der Waals surface area (Å²) < 4.78 is 3.57. The molecule has 2 aromatic heterocycles. The second-order valence-corrected chi connectivity index (χ2v) is 6.77. The maximum Gasteiger partial charge on any atom is 0.244 e. The first-order valence-corrected chi connectivity index (χ1v) is 8.90. The zero-order chi connectivity index (χ0) is 18.1. The van der Waals surface area contributed by atoms with Crippen LogP contribution in [0.25, 0.3) is 10.9 Å². The molecule has 1 aliphatic rings. The molecule has 8 nitrogen and oxygen atoms in total. The van der Waals surface area contributed by atoms with E-state index < -0.39 is 6.10 Å². The van der Waals surface area contributed by atoms with E-state index in [4.69, 9.17) is 0 Å². The minimum absolute atomic E-state index is 0.0839. The molecule has 0 unspecified atom stereocenters. The second-order valence-electron chi connectivity index (χ2n) is 6.77. The van der Waals surface area contributed by atoms with Gasteiger partial charge >= 0.3 is 0 Å². The summed E-state index contributed by atoms with van der Waals surface area (Å²) in [5.41, 5.74) is 1.55. The van der Waals surface area contributed by atoms with E-state index in [0.717, 1.165) is 23.7 Å². The number of piperidine rings is 1. The number of aromatic nitrogens is 5. The van der Waals surface area contributed by atoms with E-state index >= 15 is 0 Å². The van der Waals surface area contributed by atoms with Gasteiger partial charge in [-0.15, -0.1) is 5.10 Å². The van der Waals surface area contributed by atoms with Crippen molar-refractivity contribution in [2.45, 2.75) is 38.5 Å². The number of hydrogen-bond donors (Lipinski definition) is 1. The van der Waals surface area contributed by atoms with Crippen molar-refractivity contribution in [1.29, 1.82) is 0 Å². The molecule has 1 N–H and O–H groups in total. The Labute approximate surface area is 151 Å². The van der Waals surface area contributed by atoms with E-state index in [0.29, 0.717) is 18.8 Å². The predicted octanol–water partition coefficient (Wildman–Crippen LogP) is 1.54. The Kier molecular flexibility index (Phi) is 4.42. The van der Waals surface area contributed by atoms with E-state index in [9.17, 15) is 9.90 Å². The fraction of sp³-hybridized carbons (Fsp3) is 0.444. The van der Waals surface area contributed by atoms with Crippen molar-refractivity contribution in [2.75, 3.05) is 13.1 Å². The monoisotopic (exact) mass is 354 g/mol. The zero-order valence-electron chi connectivity index (χ0n) is 14.7. The molecule has 1 aromatic carbocycles. The summed E-state index contributed by atoms with van der Waals surface area (Å²) in [5.74, 6) is 0.0839. The maximum absolute atomic E-state index is 12.6. The van der Waals surface area contributed by atoms with Gasteiger partial charge in [-0.1, -0.05) is 23.4 Å². The van der Waals surface area contributed by atoms with Crippen molar-refractivity contribution in [2.24, 2.45) is 0 Å². The molecule has 1 amide bonds. The quantitative estimate of drug-likeness (QED) is 0.768. The first-order valence-electron chi connectivity index (χ1n) is 8.90. The van der Waals surface area contributed by atoms with Crippen LogP contribution in [0.5, 0.6) is 0 Å². The van der Waals surface area contributed by atoms with Crippen LogP contribution in [0, 0.1) is 0 Å². The summed E-state index contributed by atoms with van der Waals surface area (Å²) in [7, 11) is 0. The van der Waals surface area contributed by atoms with Gasteiger partial charge in [-0.25, -0.2) is 4.68 Å². The van der Waals surface area contributed by atoms with Gasteiger partial charge in [0.25, 0.3) is 0 Å². The molecule has 0 spiro atoms. The van der Waals surface area contributed by atoms with Crippen LogP contribution in [0.15, 0.2) is 36.7 Å². The Hall–Kier alpha value is -2.74. The molecule has 0 aliphatic carbocycles. The van der Waals surface area contributed by atoms with Crippen molar-refractivity contribution in [3.63, 3.8) is 0 Å². The lowest BCUT2D eigenvalue weighted by Crippen LogP contribution is -2.41. The molecule has 0 bridgehead atoms. The molecule has 26 heavy (non-hydrogen) atoms. The molecular formula is C18H22N6O2. The third kappa shape index (κ3) is 3.20. The molecule has 1 fully saturated rings. The van der Waals surface area contributed by atoms with Crippen molar-refractivity contribution in [3.8, 4) is 0 Å². The Morgan fingerprint density at radius 2 is 2.08 bits per heavy atom. The molecule has 0 saturated carbocycles. The van der Waals surface area contributed by atoms with E-state index in [-0.39, 0.29) is 18.5 Å². The van der Waals surface area contributed by atoms with E-state index in [2.05, 4.69) is 15.4 Å². The normalized spacial score (nSPS) is 16.9. The summed E-state index contributed by atoms with van der Waals surface area (Å²) in [6.07, 6.45) is 4.62. The number of carbonyl (C=O) groups excluding carboxylic acids is 1. The van der Waals surface area contributed by atoms with E-state index in [1.165, 1.54) is 0 Å². The third-order valence-electron chi connectivity index (χ3n) is 4.98. The van der Waals surface area contributed by atoms with Gasteiger partial charge in [-0.2, -0.15) is 5.10 Å². The van der Waals surface area contributed by atoms with Crippen molar-refractivity contribution in [3.05, 3.63) is 42.4 Å². The number of nitrogens with zero attached hydrogens (tertiary/aromatic N) is 6. The molecule has 3 aromatic rings. The number of hydrogen-bond acceptors (Lipinski definition) is 5. The highest BCUT2D eigenvalue weighted by Crippen LogP contribution is 2.23. The molecule has 1 saturated heterocycles. The lowest BCUT2D eigenvalue weighted by Gasteiger charge is -2.31. The van der Waals surface area contributed by atoms with Crippen LogP contribution in [0.4, 0.5) is 0 Å². The molecule has 0 radical (unpaired) electrons. The molecule has 1 atom stereocenters. The van der Waals surface area contributed by atoms with Gasteiger partial charge in [0.2, 0.25) is 5.91 Å². The van der Waals surface area contributed by atoms with E-state index in [1.54, 1.807) is 24.0 Å². The van der Waals surface area contributed by atoms with Crippen LogP contribution in [0.2, 0.25) is 0 Å². The second kappa shape index (κ2) is 6.87. The molecular weight excluding hydrogens is 332 g/mol. The average Bonchev–Trinajstić information content (AvgIpc) is 3.30. The Balaban J connectivity index is 1.37. The fourth-order valence-corrected chi connectivity index (χ4v) is 3.42. The number of para-hydroxylation sites is 1. The maximum atomic E-state index is 12.6. The molecule has 3 heterocycles. The molecule has 136 valence electrons. The van der Waals surface area contributed by atoms with E-state index in [1.807, 2.05) is 33.8 Å². The highest BCUT2D eigenvalue weighted by atomic mass is 16.3. The number of amides is 1. The third-order valence-corrected chi connectivity index (χ3v) is 4.98. The van der Waals surface area contributed by atoms with Crippen LogP contribution in [-0.2, 0) is 11.3 Å². The number of carbonyl (C=O) groups is 1. The highest BCUT2D eigenvalue weighted by Gasteiger charge is 2.25. The van der Waals surface area contributed by atoms with Gasteiger partial charge in [0.15, 0.2) is 0 Å². The van der Waals surface area contributed by atoms with Gasteiger partial charge < -0.3 is 10.0 Å². The average molecular weight is 354 g/mol. The van der Waals surface area contributed by atoms with Crippen LogP contribution in [0.3, 0.4) is 0 Å². The Morgan fingerprint density at radius 1 is 1.31 bits per heavy atom. The lowest BCUT2D eigenvalue weighted by atomic mass is 10.1. The lowest BCUT2D eigenvalue weighted by molar-refractivity contribution is -0.133. The minimum atomic E-state index is -0.616. The minimum Gasteiger partial charge on any atom is -0.387 e. The number of fused-ring (bicyclic) bond motifs is 1. The standard InChI is InChI=1S/C18H22N6O2/c1-13(25)16-11-23(21-20-16)15-6-8-22(9-7-15)18(26)12-24-17-5-3-2-4-14(17)10-19-24/h2-5,10-11,13,15,25H,6-9,12H2,1H3/t13-/m1/s1. The van der Waals surface area contributed by atoms with Crippen molar-refractivity contribution >= 4 is 16.8 Å². The largest absolute Gasteiger partial charge is 0.387 e. The van der Waals surface area contributed by atoms with Gasteiger partial charge in [-0.3, -0.25) is 9.48 Å². The summed E-state index contributed by atoms with van der Waals surface area (Å²) in [5, 5.41) is 23.1. The summed E-state index contributed by atoms with van der Waals surface area (Å²) in [6, 6.07) is 8.11. The number of aliphatic hydroxyl groups is 1. The molecule has 1 aliphatic heterocycles. The van der Waals surface area contributed by atoms with Crippen LogP contribution in [0.1, 0.15) is 37.6 Å². The van der Waals surface area contributed by atoms with Crippen LogP contribution < -0.4 is 0 Å². The summed E-state index contributed by atoms with van der Waals surface area (Å²) >= 11 is 0. The molecule has 8 heteroatoms. The first kappa shape index (κ1) is 16.7. The number of rotatable bonds is 4. The zero-order valence-corrected chi connectivity index (χ0v) is 14.7. The number of benzene rings is 1. The SMILES string of the molecule is C[C@@H](O)c1cn(C2CCN(C(=O)Cn3ncc4ccccc43)CC2)nn1. The number of likely N-dealkylation sites (tertiary alicyclic amines) is 1. The Bertz CT molecular complexity index is 907. The highest BCUT2D eigenvalue weighted by molar-refractivity contribution is 5.82. The summed E-state index contributed by atoms with van der Waals surface area (Å²) in [6.45, 7) is 3.31. The fourth-order valence-electron chi connectivity index (χ4n) is 3.42. The van der Waals surface area contributed by atoms with Gasteiger partial charge in [0.1, 0.15) is 12.2 Å². The van der Waals surface area contributed by atoms with Crippen molar-refractivity contribution < 1.29 is 9.90 Å². The van der Waals surface area contributed by atoms with Crippen LogP contribution >= 0.6 is 0 Å². The summed E-state index contributed by atoms with van der Waals surface area (Å²) in [4.78, 5) is 14.5. The number of aliphatic hydroxyl groups excluding tert-OH is 1. The Morgan fingerprint density at radius 3 is 2.81 bits per heavy atom.